The van der Waals surface area contributed by atoms with Gasteiger partial charge in [0.25, 0.3) is 0 Å². The molecular weight excluding hydrogens is 370 g/mol. The van der Waals surface area contributed by atoms with Gasteiger partial charge in [0.15, 0.2) is 0 Å². The van der Waals surface area contributed by atoms with E-state index in [4.69, 9.17) is 4.74 Å². The van der Waals surface area contributed by atoms with Crippen LogP contribution in [0.1, 0.15) is 31.7 Å². The molecule has 0 radical (unpaired) electrons. The maximum atomic E-state index is 5.28. The van der Waals surface area contributed by atoms with Crippen LogP contribution in [0, 0.1) is 0 Å². The smallest absolute Gasteiger partial charge is 0.133 e. The van der Waals surface area contributed by atoms with Gasteiger partial charge in [0.1, 0.15) is 5.75 Å². The number of likely N-dealkylation sites (tertiary alicyclic amines) is 1. The van der Waals surface area contributed by atoms with Crippen LogP contribution in [0.2, 0.25) is 0 Å². The Morgan fingerprint density at radius 3 is 2.89 bits per heavy atom. The molecule has 1 fully saturated rings. The first-order valence-corrected chi connectivity index (χ1v) is 8.51. The van der Waals surface area contributed by atoms with E-state index in [0.717, 1.165) is 22.8 Å². The number of methoxy groups -OCH3 is 1. The molecule has 1 aliphatic heterocycles. The summed E-state index contributed by atoms with van der Waals surface area (Å²) in [4.78, 5) is 3.20. The van der Waals surface area contributed by atoms with E-state index in [-0.39, 0.29) is 0 Å². The molecule has 2 unspecified atom stereocenters. The summed E-state index contributed by atoms with van der Waals surface area (Å²) in [5.41, 5.74) is 1.35. The lowest BCUT2D eigenvalue weighted by Gasteiger charge is -2.25. The molecule has 1 aromatic carbocycles. The predicted molar refractivity (Wildman–Crippen MR) is 87.1 cm³/mol. The Balaban J connectivity index is 2.01. The van der Waals surface area contributed by atoms with Crippen molar-refractivity contribution in [2.45, 2.75) is 43.6 Å². The number of hydrogen-bond donors (Lipinski definition) is 0. The normalized spacial score (nSPS) is 21.6. The summed E-state index contributed by atoms with van der Waals surface area (Å²) in [6.45, 7) is 4.49. The molecule has 106 valence electrons. The highest BCUT2D eigenvalue weighted by atomic mass is 79.9. The molecule has 4 heteroatoms. The van der Waals surface area contributed by atoms with Crippen molar-refractivity contribution in [1.29, 1.82) is 0 Å². The SMILES string of the molecule is COc1ccc(CN2CCCC2CC(C)Br)cc1Br. The third-order valence-corrected chi connectivity index (χ3v) is 4.69. The van der Waals surface area contributed by atoms with Crippen molar-refractivity contribution in [3.63, 3.8) is 0 Å². The number of ether oxygens (including phenoxy) is 1. The Kier molecular flexibility index (Phi) is 5.72. The molecule has 0 amide bonds. The van der Waals surface area contributed by atoms with E-state index in [0.29, 0.717) is 4.83 Å². The maximum absolute atomic E-state index is 5.28. The first-order chi connectivity index (χ1) is 9.10. The van der Waals surface area contributed by atoms with Crippen LogP contribution < -0.4 is 4.74 Å². The molecule has 2 atom stereocenters. The summed E-state index contributed by atoms with van der Waals surface area (Å²) in [7, 11) is 1.70. The van der Waals surface area contributed by atoms with Crippen LogP contribution in [-0.4, -0.2) is 29.4 Å². The van der Waals surface area contributed by atoms with Crippen molar-refractivity contribution in [1.82, 2.24) is 4.90 Å². The zero-order chi connectivity index (χ0) is 13.8. The zero-order valence-corrected chi connectivity index (χ0v) is 14.7. The monoisotopic (exact) mass is 389 g/mol. The highest BCUT2D eigenvalue weighted by Gasteiger charge is 2.25. The van der Waals surface area contributed by atoms with Crippen LogP contribution in [0.25, 0.3) is 0 Å². The molecule has 0 aliphatic carbocycles. The highest BCUT2D eigenvalue weighted by molar-refractivity contribution is 9.10. The first-order valence-electron chi connectivity index (χ1n) is 6.80. The average molecular weight is 391 g/mol. The summed E-state index contributed by atoms with van der Waals surface area (Å²) in [6.07, 6.45) is 3.88. The molecule has 2 nitrogen and oxygen atoms in total. The summed E-state index contributed by atoms with van der Waals surface area (Å²) in [5.74, 6) is 0.899. The minimum Gasteiger partial charge on any atom is -0.496 e. The number of rotatable bonds is 5. The van der Waals surface area contributed by atoms with E-state index in [9.17, 15) is 0 Å². The van der Waals surface area contributed by atoms with Gasteiger partial charge >= 0.3 is 0 Å². The van der Waals surface area contributed by atoms with E-state index in [1.807, 2.05) is 6.07 Å². The van der Waals surface area contributed by atoms with Crippen LogP contribution in [0.3, 0.4) is 0 Å². The van der Waals surface area contributed by atoms with Crippen LogP contribution >= 0.6 is 31.9 Å². The molecule has 0 aromatic heterocycles. The third-order valence-electron chi connectivity index (χ3n) is 3.70. The Morgan fingerprint density at radius 2 is 2.26 bits per heavy atom. The number of hydrogen-bond acceptors (Lipinski definition) is 2. The lowest BCUT2D eigenvalue weighted by molar-refractivity contribution is 0.235. The Labute approximate surface area is 132 Å². The van der Waals surface area contributed by atoms with Crippen molar-refractivity contribution < 1.29 is 4.74 Å². The quantitative estimate of drug-likeness (QED) is 0.681. The lowest BCUT2D eigenvalue weighted by atomic mass is 10.1. The van der Waals surface area contributed by atoms with Crippen molar-refractivity contribution in [2.75, 3.05) is 13.7 Å². The van der Waals surface area contributed by atoms with Gasteiger partial charge in [0.05, 0.1) is 11.6 Å². The van der Waals surface area contributed by atoms with E-state index in [1.165, 1.54) is 31.4 Å². The summed E-state index contributed by atoms with van der Waals surface area (Å²) < 4.78 is 6.32. The van der Waals surface area contributed by atoms with Crippen LogP contribution in [-0.2, 0) is 6.54 Å². The molecule has 0 N–H and O–H groups in total. The van der Waals surface area contributed by atoms with Gasteiger partial charge in [0.2, 0.25) is 0 Å². The van der Waals surface area contributed by atoms with Crippen LogP contribution in [0.5, 0.6) is 5.75 Å². The van der Waals surface area contributed by atoms with Gasteiger partial charge in [0, 0.05) is 17.4 Å². The van der Waals surface area contributed by atoms with E-state index >= 15 is 0 Å². The predicted octanol–water partition coefficient (Wildman–Crippen LogP) is 4.60. The second-order valence-electron chi connectivity index (χ2n) is 5.25. The molecule has 0 bridgehead atoms. The fourth-order valence-corrected chi connectivity index (χ4v) is 3.81. The number of alkyl halides is 1. The van der Waals surface area contributed by atoms with Crippen molar-refractivity contribution in [3.05, 3.63) is 28.2 Å². The van der Waals surface area contributed by atoms with E-state index in [1.54, 1.807) is 7.11 Å². The van der Waals surface area contributed by atoms with Crippen LogP contribution in [0.15, 0.2) is 22.7 Å². The number of benzene rings is 1. The van der Waals surface area contributed by atoms with E-state index < -0.39 is 0 Å². The Morgan fingerprint density at radius 1 is 1.47 bits per heavy atom. The van der Waals surface area contributed by atoms with Gasteiger partial charge in [-0.2, -0.15) is 0 Å². The van der Waals surface area contributed by atoms with Gasteiger partial charge in [-0.3, -0.25) is 4.90 Å². The molecule has 1 aromatic rings. The fraction of sp³-hybridized carbons (Fsp3) is 0.600. The topological polar surface area (TPSA) is 12.5 Å². The molecule has 1 saturated heterocycles. The Hall–Kier alpha value is -0.0600. The largest absolute Gasteiger partial charge is 0.496 e. The van der Waals surface area contributed by atoms with Gasteiger partial charge in [-0.1, -0.05) is 28.9 Å². The molecule has 1 aliphatic rings. The number of halogens is 2. The van der Waals surface area contributed by atoms with Crippen molar-refractivity contribution in [2.24, 2.45) is 0 Å². The fourth-order valence-electron chi connectivity index (χ4n) is 2.79. The van der Waals surface area contributed by atoms with Crippen molar-refractivity contribution in [3.8, 4) is 5.75 Å². The summed E-state index contributed by atoms with van der Waals surface area (Å²) >= 11 is 7.24. The van der Waals surface area contributed by atoms with Crippen molar-refractivity contribution >= 4 is 31.9 Å². The second kappa shape index (κ2) is 7.09. The average Bonchev–Trinajstić information content (AvgIpc) is 2.76. The van der Waals surface area contributed by atoms with Crippen LogP contribution in [0.4, 0.5) is 0 Å². The molecule has 19 heavy (non-hydrogen) atoms. The molecule has 2 rings (SSSR count). The molecule has 0 spiro atoms. The lowest BCUT2D eigenvalue weighted by Crippen LogP contribution is -2.30. The maximum Gasteiger partial charge on any atom is 0.133 e. The summed E-state index contributed by atoms with van der Waals surface area (Å²) in [5, 5.41) is 0. The Bertz CT molecular complexity index is 423. The molecule has 0 saturated carbocycles. The summed E-state index contributed by atoms with van der Waals surface area (Å²) in [6, 6.07) is 7.09. The third kappa shape index (κ3) is 4.20. The van der Waals surface area contributed by atoms with Gasteiger partial charge in [-0.15, -0.1) is 0 Å². The standard InChI is InChI=1S/C15H21Br2NO/c1-11(16)8-13-4-3-7-18(13)10-12-5-6-15(19-2)14(17)9-12/h5-6,9,11,13H,3-4,7-8,10H2,1-2H3. The first kappa shape index (κ1) is 15.3. The second-order valence-corrected chi connectivity index (χ2v) is 7.67. The molecule has 1 heterocycles. The van der Waals surface area contributed by atoms with Gasteiger partial charge in [-0.05, 0) is 59.4 Å². The zero-order valence-electron chi connectivity index (χ0n) is 11.5. The number of nitrogens with zero attached hydrogens (tertiary/aromatic N) is 1. The minimum absolute atomic E-state index is 0.598. The minimum atomic E-state index is 0.598. The van der Waals surface area contributed by atoms with E-state index in [2.05, 4.69) is 55.8 Å². The van der Waals surface area contributed by atoms with Gasteiger partial charge in [-0.25, -0.2) is 0 Å². The molecular formula is C15H21Br2NO. The highest BCUT2D eigenvalue weighted by Crippen LogP contribution is 2.29. The van der Waals surface area contributed by atoms with Gasteiger partial charge < -0.3 is 4.74 Å².